The third kappa shape index (κ3) is 6.56. The molecule has 1 aromatic heterocycles. The summed E-state index contributed by atoms with van der Waals surface area (Å²) in [5.74, 6) is -0.122. The average Bonchev–Trinajstić information content (AvgIpc) is 2.71. The van der Waals surface area contributed by atoms with E-state index in [1.165, 1.54) is 0 Å². The first-order valence-corrected chi connectivity index (χ1v) is 6.69. The Kier molecular flexibility index (Phi) is 9.64. The van der Waals surface area contributed by atoms with Crippen LogP contribution in [0, 0.1) is 5.41 Å². The molecule has 0 saturated carbocycles. The molecule has 0 aromatic carbocycles. The van der Waals surface area contributed by atoms with Crippen molar-refractivity contribution in [1.29, 1.82) is 0 Å². The number of aryl methyl sites for hydroxylation is 1. The Morgan fingerprint density at radius 1 is 1.47 bits per heavy atom. The largest absolute Gasteiger partial charge is 0.349 e. The Bertz CT molecular complexity index is 391. The molecule has 7 heteroatoms. The van der Waals surface area contributed by atoms with Crippen LogP contribution in [0.1, 0.15) is 38.4 Å². The normalized spacial score (nSPS) is 12.1. The summed E-state index contributed by atoms with van der Waals surface area (Å²) in [6, 6.07) is -0.494. The lowest BCUT2D eigenvalue weighted by Crippen LogP contribution is -2.48. The fraction of sp³-hybridized carbons (Fsp3) is 0.667. The van der Waals surface area contributed by atoms with E-state index in [2.05, 4.69) is 17.2 Å². The summed E-state index contributed by atoms with van der Waals surface area (Å²) in [4.78, 5) is 16.2. The fourth-order valence-electron chi connectivity index (χ4n) is 1.27. The molecule has 19 heavy (non-hydrogen) atoms. The number of thiazole rings is 1. The van der Waals surface area contributed by atoms with Gasteiger partial charge in [-0.1, -0.05) is 27.7 Å². The van der Waals surface area contributed by atoms with Crippen molar-refractivity contribution >= 4 is 42.1 Å². The molecule has 0 spiro atoms. The van der Waals surface area contributed by atoms with Gasteiger partial charge in [0, 0.05) is 5.38 Å². The molecule has 0 fully saturated rings. The monoisotopic (exact) mass is 327 g/mol. The molecule has 0 bridgehead atoms. The third-order valence-electron chi connectivity index (χ3n) is 2.56. The van der Waals surface area contributed by atoms with E-state index >= 15 is 0 Å². The average molecular weight is 328 g/mol. The minimum absolute atomic E-state index is 0. The van der Waals surface area contributed by atoms with Crippen molar-refractivity contribution in [2.75, 3.05) is 0 Å². The smallest absolute Gasteiger partial charge is 0.237 e. The Balaban J connectivity index is 0. The molecule has 0 aliphatic carbocycles. The molecule has 1 rings (SSSR count). The van der Waals surface area contributed by atoms with Crippen molar-refractivity contribution in [3.63, 3.8) is 0 Å². The zero-order valence-electron chi connectivity index (χ0n) is 11.7. The molecular formula is C12H23Cl2N3OS. The van der Waals surface area contributed by atoms with E-state index in [1.54, 1.807) is 11.3 Å². The SMILES string of the molecule is CCc1nc(CNC(=O)[C@@H](N)C(C)(C)C)cs1.Cl.Cl. The van der Waals surface area contributed by atoms with Crippen LogP contribution in [0.25, 0.3) is 0 Å². The van der Waals surface area contributed by atoms with Crippen LogP contribution in [0.15, 0.2) is 5.38 Å². The number of carbonyl (C=O) groups is 1. The lowest BCUT2D eigenvalue weighted by Gasteiger charge is -2.25. The molecule has 1 amide bonds. The number of nitrogens with two attached hydrogens (primary N) is 1. The highest BCUT2D eigenvalue weighted by molar-refractivity contribution is 7.09. The first-order chi connectivity index (χ1) is 7.84. The highest BCUT2D eigenvalue weighted by Gasteiger charge is 2.27. The number of halogens is 2. The fourth-order valence-corrected chi connectivity index (χ4v) is 2.02. The van der Waals surface area contributed by atoms with Crippen molar-refractivity contribution in [3.8, 4) is 0 Å². The summed E-state index contributed by atoms with van der Waals surface area (Å²) in [7, 11) is 0. The molecule has 0 aliphatic heterocycles. The van der Waals surface area contributed by atoms with Gasteiger partial charge in [0.25, 0.3) is 0 Å². The highest BCUT2D eigenvalue weighted by Crippen LogP contribution is 2.17. The van der Waals surface area contributed by atoms with Crippen LogP contribution in [-0.4, -0.2) is 16.9 Å². The molecule has 0 unspecified atom stereocenters. The van der Waals surface area contributed by atoms with Gasteiger partial charge in [-0.25, -0.2) is 4.98 Å². The quantitative estimate of drug-likeness (QED) is 0.892. The summed E-state index contributed by atoms with van der Waals surface area (Å²) in [5, 5.41) is 5.89. The first kappa shape index (κ1) is 20.9. The summed E-state index contributed by atoms with van der Waals surface area (Å²) < 4.78 is 0. The molecule has 1 heterocycles. The number of nitrogens with zero attached hydrogens (tertiary/aromatic N) is 1. The van der Waals surface area contributed by atoms with Crippen LogP contribution in [-0.2, 0) is 17.8 Å². The van der Waals surface area contributed by atoms with Gasteiger partial charge in [0.05, 0.1) is 23.3 Å². The van der Waals surface area contributed by atoms with Crippen LogP contribution in [0.3, 0.4) is 0 Å². The maximum absolute atomic E-state index is 11.8. The molecule has 3 N–H and O–H groups in total. The predicted octanol–water partition coefficient (Wildman–Crippen LogP) is 2.54. The van der Waals surface area contributed by atoms with Crippen molar-refractivity contribution < 1.29 is 4.79 Å². The number of hydrogen-bond acceptors (Lipinski definition) is 4. The molecule has 4 nitrogen and oxygen atoms in total. The van der Waals surface area contributed by atoms with Crippen LogP contribution in [0.5, 0.6) is 0 Å². The van der Waals surface area contributed by atoms with Crippen molar-refractivity contribution in [3.05, 3.63) is 16.1 Å². The maximum Gasteiger partial charge on any atom is 0.237 e. The molecule has 1 aromatic rings. The van der Waals surface area contributed by atoms with Gasteiger partial charge in [-0.3, -0.25) is 4.79 Å². The van der Waals surface area contributed by atoms with E-state index in [9.17, 15) is 4.79 Å². The number of aromatic nitrogens is 1. The van der Waals surface area contributed by atoms with Crippen LogP contribution >= 0.6 is 36.2 Å². The molecule has 0 saturated heterocycles. The lowest BCUT2D eigenvalue weighted by molar-refractivity contribution is -0.124. The number of rotatable bonds is 4. The van der Waals surface area contributed by atoms with Gasteiger partial charge < -0.3 is 11.1 Å². The zero-order valence-corrected chi connectivity index (χ0v) is 14.2. The van der Waals surface area contributed by atoms with Crippen molar-refractivity contribution in [1.82, 2.24) is 10.3 Å². The van der Waals surface area contributed by atoms with Crippen molar-refractivity contribution in [2.45, 2.75) is 46.7 Å². The summed E-state index contributed by atoms with van der Waals surface area (Å²) in [6.45, 7) is 8.38. The van der Waals surface area contributed by atoms with Crippen LogP contribution in [0.4, 0.5) is 0 Å². The van der Waals surface area contributed by atoms with Crippen molar-refractivity contribution in [2.24, 2.45) is 11.1 Å². The third-order valence-corrected chi connectivity index (χ3v) is 3.60. The van der Waals surface area contributed by atoms with Crippen LogP contribution in [0.2, 0.25) is 0 Å². The van der Waals surface area contributed by atoms with E-state index in [4.69, 9.17) is 5.73 Å². The number of carbonyl (C=O) groups excluding carboxylic acids is 1. The Morgan fingerprint density at radius 3 is 2.47 bits per heavy atom. The predicted molar refractivity (Wildman–Crippen MR) is 85.3 cm³/mol. The summed E-state index contributed by atoms with van der Waals surface area (Å²) in [5.41, 5.74) is 6.54. The first-order valence-electron chi connectivity index (χ1n) is 5.81. The van der Waals surface area contributed by atoms with Gasteiger partial charge >= 0.3 is 0 Å². The van der Waals surface area contributed by atoms with E-state index in [0.717, 1.165) is 17.1 Å². The second kappa shape index (κ2) is 8.74. The van der Waals surface area contributed by atoms with E-state index in [1.807, 2.05) is 26.2 Å². The highest BCUT2D eigenvalue weighted by atomic mass is 35.5. The molecule has 0 aliphatic rings. The molecule has 0 radical (unpaired) electrons. The van der Waals surface area contributed by atoms with Gasteiger partial charge in [-0.05, 0) is 11.8 Å². The number of amides is 1. The van der Waals surface area contributed by atoms with Gasteiger partial charge in [-0.15, -0.1) is 36.2 Å². The minimum atomic E-state index is -0.494. The number of hydrogen-bond donors (Lipinski definition) is 2. The Hall–Kier alpha value is -0.360. The van der Waals surface area contributed by atoms with E-state index in [0.29, 0.717) is 6.54 Å². The lowest BCUT2D eigenvalue weighted by atomic mass is 9.87. The molecule has 1 atom stereocenters. The van der Waals surface area contributed by atoms with Crippen LogP contribution < -0.4 is 11.1 Å². The zero-order chi connectivity index (χ0) is 13.1. The van der Waals surface area contributed by atoms with Gasteiger partial charge in [0.1, 0.15) is 0 Å². The molecule has 112 valence electrons. The van der Waals surface area contributed by atoms with E-state index < -0.39 is 6.04 Å². The minimum Gasteiger partial charge on any atom is -0.349 e. The van der Waals surface area contributed by atoms with Gasteiger partial charge in [0.2, 0.25) is 5.91 Å². The van der Waals surface area contributed by atoms with Gasteiger partial charge in [0.15, 0.2) is 0 Å². The molecular weight excluding hydrogens is 305 g/mol. The maximum atomic E-state index is 11.8. The van der Waals surface area contributed by atoms with E-state index in [-0.39, 0.29) is 36.1 Å². The second-order valence-electron chi connectivity index (χ2n) is 5.15. The second-order valence-corrected chi connectivity index (χ2v) is 6.09. The standard InChI is InChI=1S/C12H21N3OS.2ClH/c1-5-9-15-8(7-17-9)6-14-11(16)10(13)12(2,3)4;;/h7,10H,5-6,13H2,1-4H3,(H,14,16);2*1H/t10-;;/m1../s1. The summed E-state index contributed by atoms with van der Waals surface area (Å²) in [6.07, 6.45) is 0.931. The Morgan fingerprint density at radius 2 is 2.05 bits per heavy atom. The summed E-state index contributed by atoms with van der Waals surface area (Å²) >= 11 is 1.62. The number of nitrogens with one attached hydrogen (secondary N) is 1. The topological polar surface area (TPSA) is 68.0 Å². The van der Waals surface area contributed by atoms with Gasteiger partial charge in [-0.2, -0.15) is 0 Å². The Labute approximate surface area is 131 Å².